The zero-order valence-corrected chi connectivity index (χ0v) is 14.1. The Morgan fingerprint density at radius 2 is 1.95 bits per heavy atom. The third-order valence-corrected chi connectivity index (χ3v) is 3.47. The van der Waals surface area contributed by atoms with Gasteiger partial charge in [-0.25, -0.2) is 9.97 Å². The van der Waals surface area contributed by atoms with Gasteiger partial charge < -0.3 is 19.7 Å². The molecule has 0 amide bonds. The van der Waals surface area contributed by atoms with E-state index in [1.54, 1.807) is 14.2 Å². The SMILES string of the molecule is CCc1nc(NC)c(C)c(N(CCOC)C(C)COC)n1. The molecular weight excluding hydrogens is 268 g/mol. The molecule has 6 heteroatoms. The maximum absolute atomic E-state index is 5.30. The van der Waals surface area contributed by atoms with Crippen LogP contribution in [0.25, 0.3) is 0 Å². The van der Waals surface area contributed by atoms with Gasteiger partial charge in [-0.2, -0.15) is 0 Å². The number of hydrogen-bond donors (Lipinski definition) is 1. The lowest BCUT2D eigenvalue weighted by Crippen LogP contribution is -2.40. The summed E-state index contributed by atoms with van der Waals surface area (Å²) in [5, 5.41) is 3.15. The largest absolute Gasteiger partial charge is 0.383 e. The van der Waals surface area contributed by atoms with Crippen LogP contribution < -0.4 is 10.2 Å². The molecule has 1 aromatic rings. The van der Waals surface area contributed by atoms with Crippen LogP contribution in [-0.4, -0.2) is 57.0 Å². The summed E-state index contributed by atoms with van der Waals surface area (Å²) in [5.74, 6) is 2.67. The predicted molar refractivity (Wildman–Crippen MR) is 86.3 cm³/mol. The Labute approximate surface area is 127 Å². The summed E-state index contributed by atoms with van der Waals surface area (Å²) < 4.78 is 10.5. The van der Waals surface area contributed by atoms with Gasteiger partial charge in [0.25, 0.3) is 0 Å². The Morgan fingerprint density at radius 3 is 2.48 bits per heavy atom. The molecule has 0 fully saturated rings. The molecule has 0 bridgehead atoms. The third-order valence-electron chi connectivity index (χ3n) is 3.47. The first-order valence-corrected chi connectivity index (χ1v) is 7.38. The van der Waals surface area contributed by atoms with Crippen molar-refractivity contribution in [1.82, 2.24) is 9.97 Å². The fraction of sp³-hybridized carbons (Fsp3) is 0.733. The molecule has 0 radical (unpaired) electrons. The topological polar surface area (TPSA) is 59.5 Å². The lowest BCUT2D eigenvalue weighted by molar-refractivity contribution is 0.170. The van der Waals surface area contributed by atoms with E-state index >= 15 is 0 Å². The summed E-state index contributed by atoms with van der Waals surface area (Å²) in [6.45, 7) is 8.29. The Balaban J connectivity index is 3.20. The van der Waals surface area contributed by atoms with Crippen LogP contribution in [0.5, 0.6) is 0 Å². The van der Waals surface area contributed by atoms with E-state index in [0.717, 1.165) is 36.0 Å². The van der Waals surface area contributed by atoms with Gasteiger partial charge in [0.05, 0.1) is 19.3 Å². The van der Waals surface area contributed by atoms with E-state index in [4.69, 9.17) is 14.5 Å². The quantitative estimate of drug-likeness (QED) is 0.751. The van der Waals surface area contributed by atoms with E-state index in [1.165, 1.54) is 0 Å². The standard InChI is InChI=1S/C15H28N4O2/c1-7-13-17-14(16-4)12(3)15(18-13)19(8-9-20-5)11(2)10-21-6/h11H,7-10H2,1-6H3,(H,16,17,18). The fourth-order valence-electron chi connectivity index (χ4n) is 2.29. The molecule has 1 unspecified atom stereocenters. The minimum atomic E-state index is 0.216. The molecule has 21 heavy (non-hydrogen) atoms. The molecule has 0 aliphatic carbocycles. The number of ether oxygens (including phenoxy) is 2. The monoisotopic (exact) mass is 296 g/mol. The van der Waals surface area contributed by atoms with Crippen molar-refractivity contribution in [2.24, 2.45) is 0 Å². The van der Waals surface area contributed by atoms with Gasteiger partial charge >= 0.3 is 0 Å². The van der Waals surface area contributed by atoms with Crippen molar-refractivity contribution in [1.29, 1.82) is 0 Å². The maximum Gasteiger partial charge on any atom is 0.137 e. The molecule has 0 saturated heterocycles. The molecule has 120 valence electrons. The number of rotatable bonds is 9. The second-order valence-electron chi connectivity index (χ2n) is 5.03. The van der Waals surface area contributed by atoms with Crippen LogP contribution in [0.3, 0.4) is 0 Å². The minimum Gasteiger partial charge on any atom is -0.383 e. The van der Waals surface area contributed by atoms with Crippen molar-refractivity contribution in [3.63, 3.8) is 0 Å². The summed E-state index contributed by atoms with van der Waals surface area (Å²) in [6, 6.07) is 0.216. The van der Waals surface area contributed by atoms with Gasteiger partial charge in [-0.1, -0.05) is 6.92 Å². The van der Waals surface area contributed by atoms with Crippen molar-refractivity contribution < 1.29 is 9.47 Å². The van der Waals surface area contributed by atoms with E-state index in [2.05, 4.69) is 29.0 Å². The van der Waals surface area contributed by atoms with Crippen molar-refractivity contribution >= 4 is 11.6 Å². The second-order valence-corrected chi connectivity index (χ2v) is 5.03. The lowest BCUT2D eigenvalue weighted by Gasteiger charge is -2.31. The highest BCUT2D eigenvalue weighted by atomic mass is 16.5. The molecule has 1 heterocycles. The number of anilines is 2. The van der Waals surface area contributed by atoms with Crippen LogP contribution in [0.2, 0.25) is 0 Å². The molecule has 0 saturated carbocycles. The Kier molecular flexibility index (Phi) is 7.39. The molecule has 1 aromatic heterocycles. The van der Waals surface area contributed by atoms with Gasteiger partial charge in [-0.15, -0.1) is 0 Å². The number of aryl methyl sites for hydroxylation is 1. The van der Waals surface area contributed by atoms with Crippen LogP contribution in [-0.2, 0) is 15.9 Å². The molecular formula is C15H28N4O2. The highest BCUT2D eigenvalue weighted by Gasteiger charge is 2.20. The van der Waals surface area contributed by atoms with E-state index in [1.807, 2.05) is 14.0 Å². The number of aromatic nitrogens is 2. The van der Waals surface area contributed by atoms with Gasteiger partial charge in [-0.05, 0) is 13.8 Å². The molecule has 0 aromatic carbocycles. The highest BCUT2D eigenvalue weighted by molar-refractivity contribution is 5.59. The number of nitrogens with zero attached hydrogens (tertiary/aromatic N) is 3. The van der Waals surface area contributed by atoms with Crippen molar-refractivity contribution in [2.45, 2.75) is 33.2 Å². The number of methoxy groups -OCH3 is 2. The van der Waals surface area contributed by atoms with Crippen molar-refractivity contribution in [3.8, 4) is 0 Å². The van der Waals surface area contributed by atoms with Gasteiger partial charge in [0.1, 0.15) is 17.5 Å². The second kappa shape index (κ2) is 8.79. The summed E-state index contributed by atoms with van der Waals surface area (Å²) >= 11 is 0. The minimum absolute atomic E-state index is 0.216. The third kappa shape index (κ3) is 4.54. The van der Waals surface area contributed by atoms with Crippen LogP contribution >= 0.6 is 0 Å². The first kappa shape index (κ1) is 17.7. The Hall–Kier alpha value is -1.40. The summed E-state index contributed by atoms with van der Waals surface area (Å²) in [4.78, 5) is 11.5. The Morgan fingerprint density at radius 1 is 1.24 bits per heavy atom. The first-order valence-electron chi connectivity index (χ1n) is 7.38. The van der Waals surface area contributed by atoms with Gasteiger partial charge in [0.2, 0.25) is 0 Å². The van der Waals surface area contributed by atoms with Gasteiger partial charge in [-0.3, -0.25) is 0 Å². The van der Waals surface area contributed by atoms with Crippen molar-refractivity contribution in [3.05, 3.63) is 11.4 Å². The van der Waals surface area contributed by atoms with E-state index in [9.17, 15) is 0 Å². The smallest absolute Gasteiger partial charge is 0.137 e. The van der Waals surface area contributed by atoms with Crippen LogP contribution in [0.4, 0.5) is 11.6 Å². The normalized spacial score (nSPS) is 12.3. The summed E-state index contributed by atoms with van der Waals surface area (Å²) in [6.07, 6.45) is 0.804. The van der Waals surface area contributed by atoms with Crippen LogP contribution in [0.15, 0.2) is 0 Å². The molecule has 6 nitrogen and oxygen atoms in total. The zero-order chi connectivity index (χ0) is 15.8. The average Bonchev–Trinajstić information content (AvgIpc) is 2.49. The van der Waals surface area contributed by atoms with Crippen molar-refractivity contribution in [2.75, 3.05) is 51.2 Å². The van der Waals surface area contributed by atoms with E-state index < -0.39 is 0 Å². The molecule has 0 aliphatic heterocycles. The predicted octanol–water partition coefficient (Wildman–Crippen LogP) is 1.88. The maximum atomic E-state index is 5.30. The summed E-state index contributed by atoms with van der Waals surface area (Å²) in [7, 11) is 5.31. The molecule has 0 aliphatic rings. The number of nitrogens with one attached hydrogen (secondary N) is 1. The van der Waals surface area contributed by atoms with Crippen LogP contribution in [0, 0.1) is 6.92 Å². The summed E-state index contributed by atoms with van der Waals surface area (Å²) in [5.41, 5.74) is 1.05. The molecule has 0 spiro atoms. The van der Waals surface area contributed by atoms with Gasteiger partial charge in [0.15, 0.2) is 0 Å². The van der Waals surface area contributed by atoms with Crippen LogP contribution in [0.1, 0.15) is 25.2 Å². The molecule has 1 atom stereocenters. The Bertz CT molecular complexity index is 440. The molecule has 1 N–H and O–H groups in total. The van der Waals surface area contributed by atoms with Gasteiger partial charge in [0, 0.05) is 39.8 Å². The highest BCUT2D eigenvalue weighted by Crippen LogP contribution is 2.25. The van der Waals surface area contributed by atoms with E-state index in [-0.39, 0.29) is 6.04 Å². The first-order chi connectivity index (χ1) is 10.1. The van der Waals surface area contributed by atoms with E-state index in [0.29, 0.717) is 13.2 Å². The number of hydrogen-bond acceptors (Lipinski definition) is 6. The average molecular weight is 296 g/mol. The fourth-order valence-corrected chi connectivity index (χ4v) is 2.29. The zero-order valence-electron chi connectivity index (χ0n) is 14.1. The molecule has 1 rings (SSSR count). The lowest BCUT2D eigenvalue weighted by atomic mass is 10.2.